The van der Waals surface area contributed by atoms with Gasteiger partial charge in [-0.25, -0.2) is 0 Å². The Morgan fingerprint density at radius 2 is 0.762 bits per heavy atom. The third-order valence-electron chi connectivity index (χ3n) is 14.6. The summed E-state index contributed by atoms with van der Waals surface area (Å²) in [5, 5.41) is 0. The second-order valence-corrected chi connectivity index (χ2v) is 25.4. The number of hydrogen-bond donors (Lipinski definition) is 0. The van der Waals surface area contributed by atoms with Crippen LogP contribution in [-0.4, -0.2) is 93.1 Å². The molecule has 4 aliphatic carbocycles. The highest BCUT2D eigenvalue weighted by molar-refractivity contribution is 5.15. The molecule has 0 aliphatic heterocycles. The van der Waals surface area contributed by atoms with Gasteiger partial charge in [-0.15, -0.1) is 0 Å². The van der Waals surface area contributed by atoms with Crippen LogP contribution in [0.2, 0.25) is 0 Å². The Labute approximate surface area is 498 Å². The van der Waals surface area contributed by atoms with Crippen molar-refractivity contribution in [3.05, 3.63) is 71.8 Å². The van der Waals surface area contributed by atoms with Gasteiger partial charge in [-0.2, -0.15) is 0 Å². The summed E-state index contributed by atoms with van der Waals surface area (Å²) in [4.78, 5) is 0. The zero-order valence-electron chi connectivity index (χ0n) is 56.6. The second-order valence-electron chi connectivity index (χ2n) is 25.4. The van der Waals surface area contributed by atoms with E-state index in [1.807, 2.05) is 52.0 Å². The van der Waals surface area contributed by atoms with Gasteiger partial charge in [-0.3, -0.25) is 0 Å². The van der Waals surface area contributed by atoms with E-state index < -0.39 is 0 Å². The Hall–Kier alpha value is -1.88. The fourth-order valence-corrected chi connectivity index (χ4v) is 8.90. The lowest BCUT2D eigenvalue weighted by Gasteiger charge is -2.25. The maximum Gasteiger partial charge on any atom is 0.0720 e. The van der Waals surface area contributed by atoms with Crippen LogP contribution in [0.25, 0.3) is 0 Å². The molecular formula is C72H136O8. The molecule has 0 aromatic heterocycles. The van der Waals surface area contributed by atoms with Gasteiger partial charge in [0.25, 0.3) is 0 Å². The zero-order valence-corrected chi connectivity index (χ0v) is 56.6. The summed E-state index contributed by atoms with van der Waals surface area (Å²) >= 11 is 0. The molecule has 472 valence electrons. The molecule has 0 saturated heterocycles. The fourth-order valence-electron chi connectivity index (χ4n) is 8.90. The number of benzene rings is 2. The predicted octanol–water partition coefficient (Wildman–Crippen LogP) is 20.9. The molecule has 2 aromatic rings. The molecule has 0 spiro atoms. The summed E-state index contributed by atoms with van der Waals surface area (Å²) in [5.41, 5.74) is 2.69. The summed E-state index contributed by atoms with van der Waals surface area (Å²) in [7, 11) is 1.71. The minimum Gasteiger partial charge on any atom is -0.379 e. The van der Waals surface area contributed by atoms with Crippen molar-refractivity contribution in [3.8, 4) is 0 Å². The monoisotopic (exact) mass is 1130 g/mol. The highest BCUT2D eigenvalue weighted by Gasteiger charge is 2.18. The first-order chi connectivity index (χ1) is 38.0. The van der Waals surface area contributed by atoms with Gasteiger partial charge in [0.2, 0.25) is 0 Å². The maximum atomic E-state index is 5.84. The zero-order chi connectivity index (χ0) is 60.5. The van der Waals surface area contributed by atoms with Gasteiger partial charge >= 0.3 is 0 Å². The van der Waals surface area contributed by atoms with Crippen LogP contribution < -0.4 is 0 Å². The van der Waals surface area contributed by atoms with Crippen LogP contribution in [0.4, 0.5) is 0 Å². The first-order valence-corrected chi connectivity index (χ1v) is 33.1. The van der Waals surface area contributed by atoms with E-state index in [9.17, 15) is 0 Å². The van der Waals surface area contributed by atoms with Crippen molar-refractivity contribution >= 4 is 0 Å². The van der Waals surface area contributed by atoms with E-state index in [1.54, 1.807) is 7.11 Å². The van der Waals surface area contributed by atoms with Gasteiger partial charge in [0.15, 0.2) is 0 Å². The van der Waals surface area contributed by atoms with Crippen LogP contribution in [0.15, 0.2) is 60.7 Å². The van der Waals surface area contributed by atoms with E-state index in [-0.39, 0.29) is 11.2 Å². The highest BCUT2D eigenvalue weighted by atomic mass is 16.5. The predicted molar refractivity (Wildman–Crippen MR) is 347 cm³/mol. The second kappa shape index (κ2) is 52.7. The average Bonchev–Trinajstić information content (AvgIpc) is 3.96. The molecule has 0 N–H and O–H groups in total. The normalized spacial score (nSPS) is 17.7. The summed E-state index contributed by atoms with van der Waals surface area (Å²) in [6, 6.07) is 20.7. The molecular weight excluding hydrogens is 993 g/mol. The molecule has 8 nitrogen and oxygen atoms in total. The summed E-state index contributed by atoms with van der Waals surface area (Å²) in [6.45, 7) is 43.3. The SMILES string of the molecule is CC(C)OC1CCCC1.CC(C)OC1CCCCC1.CCC(C)OC1CCCCC1.CCC(C)OCC1CCCCC1.CCC(C)OCCc1ccccc1.CCC(C)OCc1ccccc1.CCOC(C)(C)C.COC(C)(C)C. The van der Waals surface area contributed by atoms with Crippen molar-refractivity contribution < 1.29 is 37.9 Å². The Morgan fingerprint density at radius 1 is 0.412 bits per heavy atom. The Morgan fingerprint density at radius 3 is 1.11 bits per heavy atom. The number of rotatable bonds is 21. The van der Waals surface area contributed by atoms with Gasteiger partial charge < -0.3 is 37.9 Å². The smallest absolute Gasteiger partial charge is 0.0720 e. The van der Waals surface area contributed by atoms with Crippen molar-refractivity contribution in [2.24, 2.45) is 5.92 Å². The third kappa shape index (κ3) is 55.3. The van der Waals surface area contributed by atoms with Crippen molar-refractivity contribution in [1.82, 2.24) is 0 Å². The Kier molecular flexibility index (Phi) is 52.8. The van der Waals surface area contributed by atoms with E-state index in [0.717, 1.165) is 64.4 Å². The third-order valence-corrected chi connectivity index (χ3v) is 14.6. The van der Waals surface area contributed by atoms with E-state index in [2.05, 4.69) is 140 Å². The molecule has 0 heterocycles. The van der Waals surface area contributed by atoms with Crippen molar-refractivity contribution in [1.29, 1.82) is 0 Å². The summed E-state index contributed by atoms with van der Waals surface area (Å²) in [5.74, 6) is 0.868. The fraction of sp³-hybridized carbons (Fsp3) is 0.833. The molecule has 80 heavy (non-hydrogen) atoms. The van der Waals surface area contributed by atoms with Gasteiger partial charge in [0, 0.05) is 20.3 Å². The van der Waals surface area contributed by atoms with Crippen LogP contribution in [-0.2, 0) is 50.9 Å². The highest BCUT2D eigenvalue weighted by Crippen LogP contribution is 2.25. The van der Waals surface area contributed by atoms with E-state index >= 15 is 0 Å². The maximum absolute atomic E-state index is 5.84. The number of ether oxygens (including phenoxy) is 8. The molecule has 4 atom stereocenters. The first kappa shape index (κ1) is 80.2. The number of hydrogen-bond acceptors (Lipinski definition) is 8. The number of methoxy groups -OCH3 is 1. The average molecular weight is 1130 g/mol. The van der Waals surface area contributed by atoms with Gasteiger partial charge in [0.05, 0.1) is 79.4 Å². The Bertz CT molecular complexity index is 1520. The minimum atomic E-state index is 0.0417. The van der Waals surface area contributed by atoms with Gasteiger partial charge in [0.1, 0.15) is 0 Å². The lowest BCUT2D eigenvalue weighted by atomic mass is 9.90. The Balaban J connectivity index is 0. The summed E-state index contributed by atoms with van der Waals surface area (Å²) in [6.07, 6.45) is 35.7. The largest absolute Gasteiger partial charge is 0.379 e. The molecule has 8 heteroatoms. The van der Waals surface area contributed by atoms with E-state index in [1.165, 1.54) is 133 Å². The van der Waals surface area contributed by atoms with Crippen molar-refractivity contribution in [2.45, 2.75) is 358 Å². The molecule has 0 radical (unpaired) electrons. The molecule has 4 aliphatic rings. The van der Waals surface area contributed by atoms with Crippen LogP contribution in [0.3, 0.4) is 0 Å². The standard InChI is InChI=1S/C12H18O.C11H22O.C11H16O.C10H20O.C9H18O.C8H16O.C6H14O.C5H12O/c1-3-11(2)13-10-9-12-7-5-4-6-8-12;2*1-3-10(2)12-9-11-7-5-4-6-8-11;1-3-9(2)11-10-7-5-4-6-8-10;1-8(2)10-9-6-4-3-5-7-9;1-7(2)9-8-5-3-4-6-8;1-5-7-6(2,3)4;1-5(2,3)6-4/h4-8,11H,3,9-10H2,1-2H3;10-11H,3-9H2,1-2H3;4-8,10H,3,9H2,1-2H3;9-10H,3-8H2,1-2H3;8-9H,3-7H2,1-2H3;7-8H,3-6H2,1-2H3;5H2,1-4H3;1-4H3. The van der Waals surface area contributed by atoms with Crippen molar-refractivity contribution in [3.63, 3.8) is 0 Å². The summed E-state index contributed by atoms with van der Waals surface area (Å²) < 4.78 is 44.2. The lowest BCUT2D eigenvalue weighted by molar-refractivity contribution is -0.0220. The molecule has 0 amide bonds. The van der Waals surface area contributed by atoms with Crippen LogP contribution in [0.1, 0.15) is 290 Å². The van der Waals surface area contributed by atoms with Crippen LogP contribution in [0, 0.1) is 5.92 Å². The van der Waals surface area contributed by atoms with Crippen LogP contribution in [0.5, 0.6) is 0 Å². The van der Waals surface area contributed by atoms with E-state index in [4.69, 9.17) is 37.9 Å². The first-order valence-electron chi connectivity index (χ1n) is 33.1. The van der Waals surface area contributed by atoms with Crippen molar-refractivity contribution in [2.75, 3.05) is 26.9 Å². The molecule has 0 bridgehead atoms. The molecule has 4 saturated carbocycles. The topological polar surface area (TPSA) is 73.8 Å². The molecule has 2 aromatic carbocycles. The van der Waals surface area contributed by atoms with Gasteiger partial charge in [-0.05, 0) is 204 Å². The molecule has 4 unspecified atom stereocenters. The lowest BCUT2D eigenvalue weighted by Crippen LogP contribution is -2.21. The minimum absolute atomic E-state index is 0.0417. The molecule has 4 fully saturated rings. The molecule has 6 rings (SSSR count). The van der Waals surface area contributed by atoms with Crippen LogP contribution >= 0.6 is 0 Å². The quantitative estimate of drug-likeness (QED) is 0.122. The van der Waals surface area contributed by atoms with Gasteiger partial charge in [-0.1, -0.05) is 159 Å². The van der Waals surface area contributed by atoms with E-state index in [0.29, 0.717) is 54.9 Å².